The quantitative estimate of drug-likeness (QED) is 0.0692. The molecule has 4 aliphatic heterocycles. The Morgan fingerprint density at radius 2 is 1.49 bits per heavy atom. The lowest BCUT2D eigenvalue weighted by atomic mass is 9.93. The van der Waals surface area contributed by atoms with Gasteiger partial charge in [-0.25, -0.2) is 4.79 Å². The molecule has 2 fully saturated rings. The Morgan fingerprint density at radius 3 is 2.15 bits per heavy atom. The van der Waals surface area contributed by atoms with Crippen molar-refractivity contribution in [3.8, 4) is 11.5 Å². The zero-order valence-corrected chi connectivity index (χ0v) is 42.2. The molecule has 0 aliphatic carbocycles. The summed E-state index contributed by atoms with van der Waals surface area (Å²) in [6, 6.07) is 22.6. The van der Waals surface area contributed by atoms with Crippen molar-refractivity contribution < 1.29 is 43.0 Å². The average Bonchev–Trinajstić information content (AvgIpc) is 3.87. The average molecular weight is 1020 g/mol. The second kappa shape index (κ2) is 23.2. The number of piperazine rings is 1. The van der Waals surface area contributed by atoms with E-state index in [1.165, 1.54) is 9.80 Å². The predicted octanol–water partition coefficient (Wildman–Crippen LogP) is 8.09. The molecule has 0 saturated carbocycles. The molecular weight excluding hydrogens is 962 g/mol. The number of imide groups is 2. The number of ether oxygens (including phenoxy) is 2. The van der Waals surface area contributed by atoms with Crippen molar-refractivity contribution in [3.63, 3.8) is 0 Å². The Kier molecular flexibility index (Phi) is 16.6. The molecule has 3 atom stereocenters. The van der Waals surface area contributed by atoms with Crippen LogP contribution in [0.4, 0.5) is 4.79 Å². The van der Waals surface area contributed by atoms with Gasteiger partial charge in [0.05, 0.1) is 42.5 Å². The number of rotatable bonds is 19. The van der Waals surface area contributed by atoms with Crippen molar-refractivity contribution in [2.45, 2.75) is 102 Å². The topological polar surface area (TPSA) is 187 Å². The molecule has 4 aromatic rings. The standard InChI is InChI=1S/C54H59Cl2N7O9/c1-33(2)72-43-30-39(71-3)23-24-40(43)50-59-48(35-15-19-37(55)20-16-35)49(36-17-21-38(56)22-18-36)63(50)54(70)61-29-28-60(46(66)32-61)31-45(65)57-27-10-8-6-4-5-7-9-12-34-13-11-14-41-47(34)53(69)62(52(41)68)42-25-26-44(64)58-51(42)67/h11,13-24,30,33,42,48-49H,4-10,12,25-29,31-32H2,1-3H3,(H,57,65)(H,58,64,67)/t42?,48-,49+/m0/s1. The van der Waals surface area contributed by atoms with Gasteiger partial charge < -0.3 is 24.6 Å². The minimum atomic E-state index is -0.994. The van der Waals surface area contributed by atoms with Crippen LogP contribution in [0.2, 0.25) is 10.0 Å². The number of methoxy groups -OCH3 is 1. The van der Waals surface area contributed by atoms with Crippen molar-refractivity contribution in [1.29, 1.82) is 0 Å². The Bertz CT molecular complexity index is 2750. The van der Waals surface area contributed by atoms with Gasteiger partial charge in [0, 0.05) is 42.2 Å². The molecule has 72 heavy (non-hydrogen) atoms. The van der Waals surface area contributed by atoms with Gasteiger partial charge in [-0.05, 0) is 98.7 Å². The second-order valence-electron chi connectivity index (χ2n) is 18.7. The van der Waals surface area contributed by atoms with Gasteiger partial charge in [0.25, 0.3) is 11.8 Å². The number of unbranched alkanes of at least 4 members (excludes halogenated alkanes) is 6. The third kappa shape index (κ3) is 11.6. The number of amidine groups is 1. The number of halogens is 2. The number of hydrogen-bond acceptors (Lipinski definition) is 10. The van der Waals surface area contributed by atoms with Crippen molar-refractivity contribution in [2.24, 2.45) is 4.99 Å². The normalized spacial score (nSPS) is 18.9. The van der Waals surface area contributed by atoms with E-state index in [9.17, 15) is 28.8 Å². The summed E-state index contributed by atoms with van der Waals surface area (Å²) >= 11 is 12.7. The second-order valence-corrected chi connectivity index (χ2v) is 19.6. The van der Waals surface area contributed by atoms with E-state index in [1.807, 2.05) is 50.2 Å². The fraction of sp³-hybridized carbons (Fsp3) is 0.407. The number of piperidine rings is 1. The third-order valence-corrected chi connectivity index (χ3v) is 13.9. The molecule has 378 valence electrons. The monoisotopic (exact) mass is 1020 g/mol. The fourth-order valence-electron chi connectivity index (χ4n) is 9.79. The molecule has 8 amide bonds. The van der Waals surface area contributed by atoms with Gasteiger partial charge in [-0.3, -0.25) is 48.9 Å². The summed E-state index contributed by atoms with van der Waals surface area (Å²) in [6.07, 6.45) is 7.01. The highest BCUT2D eigenvalue weighted by Gasteiger charge is 2.47. The van der Waals surface area contributed by atoms with Crippen molar-refractivity contribution in [3.05, 3.63) is 128 Å². The number of nitrogens with one attached hydrogen (secondary N) is 2. The summed E-state index contributed by atoms with van der Waals surface area (Å²) < 4.78 is 11.8. The molecule has 0 aromatic heterocycles. The van der Waals surface area contributed by atoms with Crippen molar-refractivity contribution >= 4 is 70.5 Å². The van der Waals surface area contributed by atoms with E-state index in [0.29, 0.717) is 57.0 Å². The molecule has 0 bridgehead atoms. The first-order chi connectivity index (χ1) is 34.7. The zero-order valence-electron chi connectivity index (χ0n) is 40.7. The first-order valence-corrected chi connectivity index (χ1v) is 25.4. The van der Waals surface area contributed by atoms with E-state index < -0.39 is 47.8 Å². The van der Waals surface area contributed by atoms with E-state index in [2.05, 4.69) is 10.6 Å². The molecule has 4 aliphatic rings. The van der Waals surface area contributed by atoms with E-state index in [4.69, 9.17) is 37.7 Å². The summed E-state index contributed by atoms with van der Waals surface area (Å²) in [5.74, 6) is -1.23. The molecule has 2 N–H and O–H groups in total. The summed E-state index contributed by atoms with van der Waals surface area (Å²) in [7, 11) is 1.57. The van der Waals surface area contributed by atoms with Gasteiger partial charge >= 0.3 is 6.03 Å². The summed E-state index contributed by atoms with van der Waals surface area (Å²) in [4.78, 5) is 103. The summed E-state index contributed by atoms with van der Waals surface area (Å²) in [5, 5.41) is 6.27. The maximum absolute atomic E-state index is 15.1. The lowest BCUT2D eigenvalue weighted by Crippen LogP contribution is -2.57. The number of carbonyl (C=O) groups is 7. The van der Waals surface area contributed by atoms with Crippen LogP contribution in [-0.4, -0.2) is 119 Å². The highest BCUT2D eigenvalue weighted by molar-refractivity contribution is 6.31. The number of aryl methyl sites for hydroxylation is 1. The van der Waals surface area contributed by atoms with Crippen LogP contribution < -0.4 is 20.1 Å². The molecule has 0 spiro atoms. The minimum absolute atomic E-state index is 0.0716. The van der Waals surface area contributed by atoms with E-state index in [1.54, 1.807) is 60.5 Å². The molecule has 0 radical (unpaired) electrons. The molecule has 8 rings (SSSR count). The molecular formula is C54H59Cl2N7O9. The number of aliphatic imine (C=N–C) groups is 1. The highest BCUT2D eigenvalue weighted by Crippen LogP contribution is 2.46. The molecule has 4 heterocycles. The molecule has 2 saturated heterocycles. The van der Waals surface area contributed by atoms with Crippen LogP contribution in [0.1, 0.15) is 127 Å². The third-order valence-electron chi connectivity index (χ3n) is 13.4. The number of nitrogens with zero attached hydrogens (tertiary/aromatic N) is 5. The maximum atomic E-state index is 15.1. The van der Waals surface area contributed by atoms with Crippen molar-refractivity contribution in [2.75, 3.05) is 39.8 Å². The summed E-state index contributed by atoms with van der Waals surface area (Å²) in [6.45, 7) is 4.29. The number of carbonyl (C=O) groups excluding carboxylic acids is 7. The lowest BCUT2D eigenvalue weighted by Gasteiger charge is -2.38. The van der Waals surface area contributed by atoms with E-state index in [-0.39, 0.29) is 56.9 Å². The minimum Gasteiger partial charge on any atom is -0.497 e. The SMILES string of the molecule is COc1ccc(C2=N[C@@H](c3ccc(Cl)cc3)[C@@H](c3ccc(Cl)cc3)N2C(=O)N2CCN(CC(=O)NCCCCCCCCCc3cccc4c3C(=O)N(C3CCC(=O)NC3=O)C4=O)C(=O)C2)c(OC(C)C)c1. The van der Waals surface area contributed by atoms with Gasteiger partial charge in [0.2, 0.25) is 23.6 Å². The molecule has 4 aromatic carbocycles. The van der Waals surface area contributed by atoms with Crippen LogP contribution in [0.3, 0.4) is 0 Å². The lowest BCUT2D eigenvalue weighted by molar-refractivity contribution is -0.139. The number of fused-ring (bicyclic) bond motifs is 1. The fourth-order valence-corrected chi connectivity index (χ4v) is 10.0. The zero-order chi connectivity index (χ0) is 51.1. The number of benzene rings is 4. The van der Waals surface area contributed by atoms with Crippen molar-refractivity contribution in [1.82, 2.24) is 30.2 Å². The molecule has 1 unspecified atom stereocenters. The maximum Gasteiger partial charge on any atom is 0.326 e. The van der Waals surface area contributed by atoms with E-state index >= 15 is 4.79 Å². The van der Waals surface area contributed by atoms with Gasteiger partial charge in [-0.1, -0.05) is 91.7 Å². The Hall–Kier alpha value is -6.78. The Balaban J connectivity index is 0.815. The molecule has 18 heteroatoms. The van der Waals surface area contributed by atoms with Gasteiger partial charge in [-0.2, -0.15) is 0 Å². The largest absolute Gasteiger partial charge is 0.497 e. The number of hydrogen-bond donors (Lipinski definition) is 2. The number of amides is 8. The van der Waals surface area contributed by atoms with Crippen LogP contribution in [-0.2, 0) is 25.6 Å². The summed E-state index contributed by atoms with van der Waals surface area (Å²) in [5.41, 5.74) is 3.60. The number of urea groups is 1. The van der Waals surface area contributed by atoms with Gasteiger partial charge in [0.1, 0.15) is 36.0 Å². The smallest absolute Gasteiger partial charge is 0.326 e. The Labute approximate surface area is 429 Å². The van der Waals surface area contributed by atoms with E-state index in [0.717, 1.165) is 66.5 Å². The van der Waals surface area contributed by atoms with Crippen LogP contribution in [0, 0.1) is 0 Å². The van der Waals surface area contributed by atoms with Gasteiger partial charge in [-0.15, -0.1) is 0 Å². The first-order valence-electron chi connectivity index (χ1n) is 24.6. The van der Waals surface area contributed by atoms with Crippen LogP contribution >= 0.6 is 23.2 Å². The van der Waals surface area contributed by atoms with Crippen LogP contribution in [0.5, 0.6) is 11.5 Å². The predicted molar refractivity (Wildman–Crippen MR) is 271 cm³/mol. The highest BCUT2D eigenvalue weighted by atomic mass is 35.5. The molecule has 16 nitrogen and oxygen atoms in total. The first kappa shape index (κ1) is 51.6. The van der Waals surface area contributed by atoms with Crippen LogP contribution in [0.15, 0.2) is 89.9 Å². The van der Waals surface area contributed by atoms with Gasteiger partial charge in [0.15, 0.2) is 0 Å². The van der Waals surface area contributed by atoms with Crippen LogP contribution in [0.25, 0.3) is 0 Å². The Morgan fingerprint density at radius 1 is 0.806 bits per heavy atom.